The van der Waals surface area contributed by atoms with Crippen LogP contribution in [0.5, 0.6) is 0 Å². The van der Waals surface area contributed by atoms with Gasteiger partial charge < -0.3 is 9.88 Å². The molecule has 1 aromatic heterocycles. The third-order valence-corrected chi connectivity index (χ3v) is 4.68. The van der Waals surface area contributed by atoms with Crippen molar-refractivity contribution >= 4 is 40.6 Å². The minimum absolute atomic E-state index is 0.102. The lowest BCUT2D eigenvalue weighted by atomic mass is 10.2. The summed E-state index contributed by atoms with van der Waals surface area (Å²) in [4.78, 5) is 22.5. The molecule has 1 atom stereocenters. The molecule has 0 spiro atoms. The number of amides is 1. The van der Waals surface area contributed by atoms with Gasteiger partial charge in [-0.05, 0) is 19.9 Å². The van der Waals surface area contributed by atoms with E-state index in [0.29, 0.717) is 17.4 Å². The van der Waals surface area contributed by atoms with Gasteiger partial charge in [0.25, 0.3) is 5.69 Å². The molecule has 25 heavy (non-hydrogen) atoms. The molecule has 10 heteroatoms. The van der Waals surface area contributed by atoms with E-state index in [1.165, 1.54) is 30.0 Å². The number of hydrogen-bond donors (Lipinski definition) is 1. The molecule has 1 unspecified atom stereocenters. The molecule has 0 aliphatic carbocycles. The van der Waals surface area contributed by atoms with E-state index < -0.39 is 10.2 Å². The van der Waals surface area contributed by atoms with Crippen LogP contribution in [0, 0.1) is 17.0 Å². The zero-order chi connectivity index (χ0) is 18.6. The fourth-order valence-corrected chi connectivity index (χ4v) is 3.08. The number of nitro benzene ring substituents is 1. The molecule has 1 amide bonds. The molecule has 0 saturated heterocycles. The number of aromatic nitrogens is 3. The zero-order valence-electron chi connectivity index (χ0n) is 13.6. The Hall–Kier alpha value is -2.39. The fourth-order valence-electron chi connectivity index (χ4n) is 1.95. The highest BCUT2D eigenvalue weighted by molar-refractivity contribution is 8.00. The maximum Gasteiger partial charge on any atom is 0.271 e. The summed E-state index contributed by atoms with van der Waals surface area (Å²) in [5.74, 6) is 0.431. The van der Waals surface area contributed by atoms with Crippen LogP contribution < -0.4 is 5.32 Å². The molecule has 1 heterocycles. The number of carbonyl (C=O) groups excluding carboxylic acids is 1. The third-order valence-electron chi connectivity index (χ3n) is 3.29. The Morgan fingerprint density at radius 2 is 2.28 bits per heavy atom. The van der Waals surface area contributed by atoms with Crippen LogP contribution in [0.15, 0.2) is 36.0 Å². The number of nitro groups is 1. The summed E-state index contributed by atoms with van der Waals surface area (Å²) in [7, 11) is 0. The number of anilines is 1. The van der Waals surface area contributed by atoms with Gasteiger partial charge in [-0.25, -0.2) is 0 Å². The van der Waals surface area contributed by atoms with Gasteiger partial charge in [-0.15, -0.1) is 16.8 Å². The van der Waals surface area contributed by atoms with Crippen molar-refractivity contribution in [2.24, 2.45) is 0 Å². The monoisotopic (exact) mass is 381 g/mol. The van der Waals surface area contributed by atoms with Gasteiger partial charge in [-0.3, -0.25) is 14.9 Å². The van der Waals surface area contributed by atoms with E-state index in [1.54, 1.807) is 13.0 Å². The van der Waals surface area contributed by atoms with E-state index in [-0.39, 0.29) is 16.6 Å². The van der Waals surface area contributed by atoms with Crippen molar-refractivity contribution in [3.63, 3.8) is 0 Å². The third kappa shape index (κ3) is 4.58. The Labute approximate surface area is 153 Å². The standard InChI is InChI=1S/C15H16ClN5O3S/c1-4-7-20-10(3)18-19-15(20)25-9(2)14(22)17-13-6-5-11(21(23)24)8-12(13)16/h4-6,8-9H,1,7H2,2-3H3,(H,17,22). The minimum Gasteiger partial charge on any atom is -0.324 e. The smallest absolute Gasteiger partial charge is 0.271 e. The van der Waals surface area contributed by atoms with Crippen LogP contribution in [0.2, 0.25) is 5.02 Å². The number of carbonyl (C=O) groups is 1. The molecule has 0 saturated carbocycles. The predicted octanol–water partition coefficient (Wildman–Crippen LogP) is 3.45. The van der Waals surface area contributed by atoms with Gasteiger partial charge in [0.2, 0.25) is 5.91 Å². The summed E-state index contributed by atoms with van der Waals surface area (Å²) in [5.41, 5.74) is 0.173. The molecule has 2 rings (SSSR count). The molecule has 1 N–H and O–H groups in total. The Morgan fingerprint density at radius 3 is 2.88 bits per heavy atom. The fraction of sp³-hybridized carbons (Fsp3) is 0.267. The first kappa shape index (κ1) is 18.9. The van der Waals surface area contributed by atoms with Crippen LogP contribution >= 0.6 is 23.4 Å². The van der Waals surface area contributed by atoms with E-state index in [4.69, 9.17) is 11.6 Å². The van der Waals surface area contributed by atoms with Crippen molar-refractivity contribution in [3.05, 3.63) is 51.8 Å². The van der Waals surface area contributed by atoms with E-state index >= 15 is 0 Å². The highest BCUT2D eigenvalue weighted by atomic mass is 35.5. The SMILES string of the molecule is C=CCn1c(C)nnc1SC(C)C(=O)Nc1ccc([N+](=O)[O-])cc1Cl. The van der Waals surface area contributed by atoms with Crippen molar-refractivity contribution in [1.29, 1.82) is 0 Å². The number of allylic oxidation sites excluding steroid dienone is 1. The number of thioether (sulfide) groups is 1. The largest absolute Gasteiger partial charge is 0.324 e. The molecule has 0 aliphatic heterocycles. The first-order valence-electron chi connectivity index (χ1n) is 7.25. The Bertz CT molecular complexity index is 823. The van der Waals surface area contributed by atoms with Crippen LogP contribution in [0.1, 0.15) is 12.7 Å². The summed E-state index contributed by atoms with van der Waals surface area (Å²) in [6, 6.07) is 3.88. The summed E-state index contributed by atoms with van der Waals surface area (Å²) < 4.78 is 1.85. The highest BCUT2D eigenvalue weighted by Gasteiger charge is 2.20. The minimum atomic E-state index is -0.551. The second-order valence-corrected chi connectivity index (χ2v) is 6.81. The number of hydrogen-bond acceptors (Lipinski definition) is 6. The number of rotatable bonds is 7. The van der Waals surface area contributed by atoms with Gasteiger partial charge in [0.05, 0.1) is 20.9 Å². The molecule has 1 aromatic carbocycles. The quantitative estimate of drug-likeness (QED) is 0.341. The normalized spacial score (nSPS) is 11.8. The summed E-state index contributed by atoms with van der Waals surface area (Å²) in [6.07, 6.45) is 1.72. The van der Waals surface area contributed by atoms with Gasteiger partial charge in [0.15, 0.2) is 5.16 Å². The van der Waals surface area contributed by atoms with Gasteiger partial charge in [0.1, 0.15) is 5.82 Å². The van der Waals surface area contributed by atoms with Crippen LogP contribution in [0.4, 0.5) is 11.4 Å². The van der Waals surface area contributed by atoms with Crippen LogP contribution in [0.3, 0.4) is 0 Å². The van der Waals surface area contributed by atoms with E-state index in [1.807, 2.05) is 11.5 Å². The molecule has 0 bridgehead atoms. The second-order valence-electron chi connectivity index (χ2n) is 5.10. The highest BCUT2D eigenvalue weighted by Crippen LogP contribution is 2.28. The van der Waals surface area contributed by atoms with Crippen LogP contribution in [0.25, 0.3) is 0 Å². The lowest BCUT2D eigenvalue weighted by Crippen LogP contribution is -2.23. The number of aryl methyl sites for hydroxylation is 1. The maximum absolute atomic E-state index is 12.4. The Morgan fingerprint density at radius 1 is 1.56 bits per heavy atom. The number of non-ortho nitro benzene ring substituents is 1. The maximum atomic E-state index is 12.4. The molecular weight excluding hydrogens is 366 g/mol. The number of nitrogens with zero attached hydrogens (tertiary/aromatic N) is 4. The Balaban J connectivity index is 2.08. The van der Waals surface area contributed by atoms with Crippen LogP contribution in [-0.2, 0) is 11.3 Å². The zero-order valence-corrected chi connectivity index (χ0v) is 15.2. The number of nitrogens with one attached hydrogen (secondary N) is 1. The van der Waals surface area contributed by atoms with Gasteiger partial charge in [0, 0.05) is 18.7 Å². The van der Waals surface area contributed by atoms with Crippen LogP contribution in [-0.4, -0.2) is 30.8 Å². The number of halogens is 1. The van der Waals surface area contributed by atoms with Gasteiger partial charge in [-0.2, -0.15) is 0 Å². The molecular formula is C15H16ClN5O3S. The lowest BCUT2D eigenvalue weighted by molar-refractivity contribution is -0.384. The van der Waals surface area contributed by atoms with Gasteiger partial charge >= 0.3 is 0 Å². The van der Waals surface area contributed by atoms with Crippen molar-refractivity contribution in [2.75, 3.05) is 5.32 Å². The van der Waals surface area contributed by atoms with E-state index in [0.717, 1.165) is 5.82 Å². The molecule has 0 aliphatic rings. The van der Waals surface area contributed by atoms with Crippen molar-refractivity contribution in [2.45, 2.75) is 30.8 Å². The average molecular weight is 382 g/mol. The molecule has 8 nitrogen and oxygen atoms in total. The number of benzene rings is 1. The first-order chi connectivity index (χ1) is 11.8. The molecule has 0 radical (unpaired) electrons. The predicted molar refractivity (Wildman–Crippen MR) is 97.0 cm³/mol. The van der Waals surface area contributed by atoms with Crippen molar-refractivity contribution in [3.8, 4) is 0 Å². The topological polar surface area (TPSA) is 103 Å². The molecule has 2 aromatic rings. The van der Waals surface area contributed by atoms with Crippen molar-refractivity contribution < 1.29 is 9.72 Å². The van der Waals surface area contributed by atoms with Gasteiger partial charge in [-0.1, -0.05) is 29.4 Å². The molecule has 0 fully saturated rings. The summed E-state index contributed by atoms with van der Waals surface area (Å²) in [6.45, 7) is 7.78. The lowest BCUT2D eigenvalue weighted by Gasteiger charge is -2.13. The molecule has 132 valence electrons. The van der Waals surface area contributed by atoms with E-state index in [2.05, 4.69) is 22.1 Å². The van der Waals surface area contributed by atoms with E-state index in [9.17, 15) is 14.9 Å². The first-order valence-corrected chi connectivity index (χ1v) is 8.51. The summed E-state index contributed by atoms with van der Waals surface area (Å²) in [5, 5.41) is 21.7. The second kappa shape index (κ2) is 8.13. The van der Waals surface area contributed by atoms with Crippen molar-refractivity contribution in [1.82, 2.24) is 14.8 Å². The Kier molecular flexibility index (Phi) is 6.16. The summed E-state index contributed by atoms with van der Waals surface area (Å²) >= 11 is 7.24. The average Bonchev–Trinajstić information content (AvgIpc) is 2.90.